The molecule has 6 heteroatoms. The number of amides is 1. The monoisotopic (exact) mass is 338 g/mol. The Morgan fingerprint density at radius 3 is 2.85 bits per heavy atom. The number of halogens is 1. The van der Waals surface area contributed by atoms with Gasteiger partial charge in [-0.25, -0.2) is 0 Å². The number of aliphatic hydroxyl groups is 1. The molecule has 2 N–H and O–H groups in total. The molecule has 0 spiro atoms. The van der Waals surface area contributed by atoms with E-state index in [0.29, 0.717) is 17.6 Å². The molecule has 0 aliphatic carbocycles. The summed E-state index contributed by atoms with van der Waals surface area (Å²) in [5, 5.41) is 12.1. The molecule has 1 atom stereocenters. The van der Waals surface area contributed by atoms with Gasteiger partial charge in [-0.15, -0.1) is 0 Å². The van der Waals surface area contributed by atoms with Crippen LogP contribution < -0.4 is 5.32 Å². The highest BCUT2D eigenvalue weighted by molar-refractivity contribution is 9.10. The van der Waals surface area contributed by atoms with Crippen LogP contribution in [0.2, 0.25) is 0 Å². The molecule has 0 saturated heterocycles. The SMILES string of the molecule is O=C(NCC(CO)Cc1ccccn1)c1ccc(Br)o1. The van der Waals surface area contributed by atoms with Gasteiger partial charge in [0.1, 0.15) is 0 Å². The fourth-order valence-electron chi connectivity index (χ4n) is 1.78. The van der Waals surface area contributed by atoms with Crippen molar-refractivity contribution in [3.8, 4) is 0 Å². The highest BCUT2D eigenvalue weighted by Crippen LogP contribution is 2.14. The molecule has 2 rings (SSSR count). The highest BCUT2D eigenvalue weighted by atomic mass is 79.9. The second-order valence-corrected chi connectivity index (χ2v) is 5.17. The van der Waals surface area contributed by atoms with E-state index < -0.39 is 0 Å². The predicted molar refractivity (Wildman–Crippen MR) is 77.3 cm³/mol. The maximum atomic E-state index is 11.8. The van der Waals surface area contributed by atoms with E-state index in [1.54, 1.807) is 18.3 Å². The van der Waals surface area contributed by atoms with E-state index in [0.717, 1.165) is 5.69 Å². The van der Waals surface area contributed by atoms with E-state index in [-0.39, 0.29) is 24.2 Å². The first-order chi connectivity index (χ1) is 9.69. The van der Waals surface area contributed by atoms with Crippen LogP contribution in [0.15, 0.2) is 45.6 Å². The van der Waals surface area contributed by atoms with Crippen molar-refractivity contribution in [2.75, 3.05) is 13.2 Å². The molecule has 2 aromatic rings. The predicted octanol–water partition coefficient (Wildman–Crippen LogP) is 2.02. The summed E-state index contributed by atoms with van der Waals surface area (Å²) < 4.78 is 5.67. The van der Waals surface area contributed by atoms with Crippen molar-refractivity contribution in [3.05, 3.63) is 52.7 Å². The number of rotatable bonds is 6. The van der Waals surface area contributed by atoms with Crippen LogP contribution in [-0.4, -0.2) is 29.1 Å². The summed E-state index contributed by atoms with van der Waals surface area (Å²) in [6, 6.07) is 8.89. The summed E-state index contributed by atoms with van der Waals surface area (Å²) in [5.74, 6) is -0.131. The van der Waals surface area contributed by atoms with Gasteiger partial charge in [0.2, 0.25) is 0 Å². The van der Waals surface area contributed by atoms with Crippen LogP contribution in [0, 0.1) is 5.92 Å². The molecule has 0 fully saturated rings. The van der Waals surface area contributed by atoms with Crippen LogP contribution in [0.25, 0.3) is 0 Å². The van der Waals surface area contributed by atoms with Gasteiger partial charge in [0, 0.05) is 31.0 Å². The lowest BCUT2D eigenvalue weighted by Gasteiger charge is -2.14. The van der Waals surface area contributed by atoms with E-state index in [2.05, 4.69) is 26.2 Å². The molecule has 2 heterocycles. The second-order valence-electron chi connectivity index (χ2n) is 4.39. The quantitative estimate of drug-likeness (QED) is 0.844. The van der Waals surface area contributed by atoms with Crippen molar-refractivity contribution >= 4 is 21.8 Å². The Morgan fingerprint density at radius 1 is 1.40 bits per heavy atom. The summed E-state index contributed by atoms with van der Waals surface area (Å²) in [7, 11) is 0. The molecular formula is C14H15BrN2O3. The molecule has 0 aromatic carbocycles. The van der Waals surface area contributed by atoms with Gasteiger partial charge in [-0.3, -0.25) is 9.78 Å². The number of carbonyl (C=O) groups excluding carboxylic acids is 1. The normalized spacial score (nSPS) is 12.1. The number of hydrogen-bond donors (Lipinski definition) is 2. The Balaban J connectivity index is 1.86. The smallest absolute Gasteiger partial charge is 0.287 e. The van der Waals surface area contributed by atoms with Gasteiger partial charge >= 0.3 is 0 Å². The zero-order valence-electron chi connectivity index (χ0n) is 10.8. The summed E-state index contributed by atoms with van der Waals surface area (Å²) in [5.41, 5.74) is 0.890. The van der Waals surface area contributed by atoms with Crippen molar-refractivity contribution < 1.29 is 14.3 Å². The van der Waals surface area contributed by atoms with Gasteiger partial charge in [-0.05, 0) is 46.6 Å². The maximum Gasteiger partial charge on any atom is 0.287 e. The maximum absolute atomic E-state index is 11.8. The van der Waals surface area contributed by atoms with E-state index in [1.807, 2.05) is 18.2 Å². The molecule has 106 valence electrons. The second kappa shape index (κ2) is 7.21. The average Bonchev–Trinajstić information content (AvgIpc) is 2.91. The van der Waals surface area contributed by atoms with E-state index in [4.69, 9.17) is 4.42 Å². The third-order valence-corrected chi connectivity index (χ3v) is 3.26. The molecule has 0 bridgehead atoms. The summed E-state index contributed by atoms with van der Waals surface area (Å²) in [4.78, 5) is 16.0. The first-order valence-electron chi connectivity index (χ1n) is 6.23. The van der Waals surface area contributed by atoms with Crippen LogP contribution in [0.3, 0.4) is 0 Å². The lowest BCUT2D eigenvalue weighted by atomic mass is 10.0. The van der Waals surface area contributed by atoms with Crippen LogP contribution in [0.1, 0.15) is 16.2 Å². The Bertz CT molecular complexity index is 557. The van der Waals surface area contributed by atoms with Crippen molar-refractivity contribution in [1.29, 1.82) is 0 Å². The third-order valence-electron chi connectivity index (χ3n) is 2.83. The largest absolute Gasteiger partial charge is 0.444 e. The van der Waals surface area contributed by atoms with Crippen molar-refractivity contribution in [2.45, 2.75) is 6.42 Å². The fourth-order valence-corrected chi connectivity index (χ4v) is 2.08. The number of carbonyl (C=O) groups is 1. The topological polar surface area (TPSA) is 75.4 Å². The number of hydrogen-bond acceptors (Lipinski definition) is 4. The van der Waals surface area contributed by atoms with Gasteiger partial charge in [-0.2, -0.15) is 0 Å². The standard InChI is InChI=1S/C14H15BrN2O3/c15-13-5-4-12(20-13)14(19)17-8-10(9-18)7-11-3-1-2-6-16-11/h1-6,10,18H,7-9H2,(H,17,19). The molecule has 1 amide bonds. The zero-order valence-corrected chi connectivity index (χ0v) is 12.3. The highest BCUT2D eigenvalue weighted by Gasteiger charge is 2.14. The van der Waals surface area contributed by atoms with Gasteiger partial charge in [-0.1, -0.05) is 6.07 Å². The van der Waals surface area contributed by atoms with Gasteiger partial charge in [0.25, 0.3) is 5.91 Å². The number of aliphatic hydroxyl groups excluding tert-OH is 1. The minimum atomic E-state index is -0.296. The fraction of sp³-hybridized carbons (Fsp3) is 0.286. The summed E-state index contributed by atoms with van der Waals surface area (Å²) in [6.45, 7) is 0.350. The Hall–Kier alpha value is -1.66. The molecule has 0 aliphatic rings. The molecule has 0 aliphatic heterocycles. The van der Waals surface area contributed by atoms with Crippen LogP contribution in [0.4, 0.5) is 0 Å². The summed E-state index contributed by atoms with van der Waals surface area (Å²) >= 11 is 3.14. The Kier molecular flexibility index (Phi) is 5.31. The molecule has 20 heavy (non-hydrogen) atoms. The third kappa shape index (κ3) is 4.18. The number of furan rings is 1. The molecule has 0 saturated carbocycles. The minimum absolute atomic E-state index is 0.0152. The average molecular weight is 339 g/mol. The first-order valence-corrected chi connectivity index (χ1v) is 7.02. The Labute approximate surface area is 125 Å². The lowest BCUT2D eigenvalue weighted by Crippen LogP contribution is -2.31. The number of nitrogens with one attached hydrogen (secondary N) is 1. The summed E-state index contributed by atoms with van der Waals surface area (Å²) in [6.07, 6.45) is 2.32. The van der Waals surface area contributed by atoms with Crippen LogP contribution in [-0.2, 0) is 6.42 Å². The van der Waals surface area contributed by atoms with Crippen LogP contribution >= 0.6 is 15.9 Å². The first kappa shape index (κ1) is 14.7. The molecule has 2 aromatic heterocycles. The minimum Gasteiger partial charge on any atom is -0.444 e. The van der Waals surface area contributed by atoms with Gasteiger partial charge in [0.15, 0.2) is 10.4 Å². The van der Waals surface area contributed by atoms with Crippen molar-refractivity contribution in [2.24, 2.45) is 5.92 Å². The van der Waals surface area contributed by atoms with E-state index in [1.165, 1.54) is 0 Å². The number of aromatic nitrogens is 1. The lowest BCUT2D eigenvalue weighted by molar-refractivity contribution is 0.0911. The number of pyridine rings is 1. The molecular weight excluding hydrogens is 324 g/mol. The molecule has 5 nitrogen and oxygen atoms in total. The Morgan fingerprint density at radius 2 is 2.25 bits per heavy atom. The van der Waals surface area contributed by atoms with Crippen molar-refractivity contribution in [3.63, 3.8) is 0 Å². The van der Waals surface area contributed by atoms with Gasteiger partial charge in [0.05, 0.1) is 0 Å². The van der Waals surface area contributed by atoms with E-state index in [9.17, 15) is 9.90 Å². The van der Waals surface area contributed by atoms with Gasteiger partial charge < -0.3 is 14.8 Å². The molecule has 0 radical (unpaired) electrons. The van der Waals surface area contributed by atoms with Crippen LogP contribution in [0.5, 0.6) is 0 Å². The van der Waals surface area contributed by atoms with E-state index >= 15 is 0 Å². The van der Waals surface area contributed by atoms with Crippen molar-refractivity contribution in [1.82, 2.24) is 10.3 Å². The zero-order chi connectivity index (χ0) is 14.4. The number of nitrogens with zero attached hydrogens (tertiary/aromatic N) is 1. The molecule has 1 unspecified atom stereocenters.